The Labute approximate surface area is 181 Å². The van der Waals surface area contributed by atoms with Gasteiger partial charge in [-0.25, -0.2) is 0 Å². The number of carbonyl (C=O) groups is 2. The van der Waals surface area contributed by atoms with E-state index in [4.69, 9.17) is 11.6 Å². The average Bonchev–Trinajstić information content (AvgIpc) is 2.76. The third kappa shape index (κ3) is 5.51. The zero-order valence-electron chi connectivity index (χ0n) is 17.2. The molecule has 1 saturated heterocycles. The van der Waals surface area contributed by atoms with Gasteiger partial charge < -0.3 is 20.4 Å². The summed E-state index contributed by atoms with van der Waals surface area (Å²) in [5.41, 5.74) is 2.63. The standard InChI is InChI=1S/C22H26ClN5O2/c1-24-22(27(2)14-18-5-3-4-6-19(18)23)26-13-16-7-9-17(10-8-16)21(30)28-12-11-25-20(29)15-28/h3-10H,11-15H2,1-2H3,(H,24,26)(H,25,29). The van der Waals surface area contributed by atoms with Crippen LogP contribution in [-0.2, 0) is 17.9 Å². The summed E-state index contributed by atoms with van der Waals surface area (Å²) >= 11 is 6.25. The van der Waals surface area contributed by atoms with Crippen molar-refractivity contribution >= 4 is 29.4 Å². The summed E-state index contributed by atoms with van der Waals surface area (Å²) in [6.45, 7) is 2.34. The fraction of sp³-hybridized carbons (Fsp3) is 0.318. The second-order valence-electron chi connectivity index (χ2n) is 7.12. The lowest BCUT2D eigenvalue weighted by Crippen LogP contribution is -2.49. The normalized spacial score (nSPS) is 14.3. The molecule has 2 aromatic carbocycles. The van der Waals surface area contributed by atoms with E-state index in [0.717, 1.165) is 22.1 Å². The van der Waals surface area contributed by atoms with Crippen molar-refractivity contribution < 1.29 is 9.59 Å². The highest BCUT2D eigenvalue weighted by atomic mass is 35.5. The Balaban J connectivity index is 1.56. The van der Waals surface area contributed by atoms with Gasteiger partial charge in [0.25, 0.3) is 5.91 Å². The van der Waals surface area contributed by atoms with Gasteiger partial charge in [-0.3, -0.25) is 14.6 Å². The minimum Gasteiger partial charge on any atom is -0.353 e. The van der Waals surface area contributed by atoms with Crippen LogP contribution in [0.2, 0.25) is 5.02 Å². The van der Waals surface area contributed by atoms with Crippen molar-refractivity contribution in [2.24, 2.45) is 4.99 Å². The van der Waals surface area contributed by atoms with Gasteiger partial charge in [-0.1, -0.05) is 41.9 Å². The number of hydrogen-bond donors (Lipinski definition) is 2. The molecule has 1 fully saturated rings. The van der Waals surface area contributed by atoms with E-state index < -0.39 is 0 Å². The van der Waals surface area contributed by atoms with Gasteiger partial charge in [-0.05, 0) is 29.3 Å². The number of benzene rings is 2. The molecule has 1 heterocycles. The lowest BCUT2D eigenvalue weighted by Gasteiger charge is -2.26. The average molecular weight is 428 g/mol. The van der Waals surface area contributed by atoms with E-state index in [2.05, 4.69) is 15.6 Å². The van der Waals surface area contributed by atoms with E-state index in [1.165, 1.54) is 0 Å². The minimum absolute atomic E-state index is 0.107. The molecule has 0 radical (unpaired) electrons. The largest absolute Gasteiger partial charge is 0.353 e. The Morgan fingerprint density at radius 1 is 1.23 bits per heavy atom. The number of nitrogens with zero attached hydrogens (tertiary/aromatic N) is 3. The predicted octanol–water partition coefficient (Wildman–Crippen LogP) is 2.12. The Hall–Kier alpha value is -3.06. The zero-order valence-corrected chi connectivity index (χ0v) is 17.9. The lowest BCUT2D eigenvalue weighted by molar-refractivity contribution is -0.123. The van der Waals surface area contributed by atoms with Crippen LogP contribution in [0, 0.1) is 0 Å². The van der Waals surface area contributed by atoms with Crippen LogP contribution < -0.4 is 10.6 Å². The van der Waals surface area contributed by atoms with Crippen molar-refractivity contribution in [3.63, 3.8) is 0 Å². The second-order valence-corrected chi connectivity index (χ2v) is 7.53. The number of guanidine groups is 1. The molecule has 158 valence electrons. The monoisotopic (exact) mass is 427 g/mol. The van der Waals surface area contributed by atoms with Crippen LogP contribution >= 0.6 is 11.6 Å². The Kier molecular flexibility index (Phi) is 7.30. The fourth-order valence-electron chi connectivity index (χ4n) is 3.28. The summed E-state index contributed by atoms with van der Waals surface area (Å²) in [5, 5.41) is 6.78. The maximum atomic E-state index is 12.6. The third-order valence-corrected chi connectivity index (χ3v) is 5.28. The van der Waals surface area contributed by atoms with Gasteiger partial charge >= 0.3 is 0 Å². The van der Waals surface area contributed by atoms with Crippen molar-refractivity contribution in [2.45, 2.75) is 13.1 Å². The van der Waals surface area contributed by atoms with E-state index in [-0.39, 0.29) is 18.4 Å². The van der Waals surface area contributed by atoms with Crippen LogP contribution in [0.5, 0.6) is 0 Å². The number of amides is 2. The molecule has 1 aliphatic rings. The van der Waals surface area contributed by atoms with Gasteiger partial charge in [0.05, 0.1) is 6.54 Å². The summed E-state index contributed by atoms with van der Waals surface area (Å²) in [6, 6.07) is 15.1. The topological polar surface area (TPSA) is 77.0 Å². The quantitative estimate of drug-likeness (QED) is 0.566. The highest BCUT2D eigenvalue weighted by molar-refractivity contribution is 6.31. The summed E-state index contributed by atoms with van der Waals surface area (Å²) in [4.78, 5) is 31.9. The van der Waals surface area contributed by atoms with Crippen molar-refractivity contribution in [2.75, 3.05) is 33.7 Å². The van der Waals surface area contributed by atoms with Crippen LogP contribution in [0.1, 0.15) is 21.5 Å². The number of piperazine rings is 1. The van der Waals surface area contributed by atoms with Gasteiger partial charge in [0.15, 0.2) is 5.96 Å². The predicted molar refractivity (Wildman–Crippen MR) is 118 cm³/mol. The van der Waals surface area contributed by atoms with Crippen LogP contribution in [0.4, 0.5) is 0 Å². The molecule has 2 N–H and O–H groups in total. The van der Waals surface area contributed by atoms with Crippen molar-refractivity contribution in [3.8, 4) is 0 Å². The molecule has 0 aromatic heterocycles. The third-order valence-electron chi connectivity index (χ3n) is 4.92. The van der Waals surface area contributed by atoms with Crippen molar-refractivity contribution in [3.05, 3.63) is 70.2 Å². The molecule has 0 atom stereocenters. The Morgan fingerprint density at radius 2 is 1.97 bits per heavy atom. The van der Waals surface area contributed by atoms with E-state index in [1.807, 2.05) is 48.3 Å². The van der Waals surface area contributed by atoms with Gasteiger partial charge in [0.1, 0.15) is 0 Å². The van der Waals surface area contributed by atoms with E-state index in [9.17, 15) is 9.59 Å². The fourth-order valence-corrected chi connectivity index (χ4v) is 3.48. The highest BCUT2D eigenvalue weighted by Crippen LogP contribution is 2.16. The number of rotatable bonds is 5. The summed E-state index contributed by atoms with van der Waals surface area (Å²) < 4.78 is 0. The van der Waals surface area contributed by atoms with E-state index >= 15 is 0 Å². The van der Waals surface area contributed by atoms with Crippen molar-refractivity contribution in [1.29, 1.82) is 0 Å². The van der Waals surface area contributed by atoms with Crippen LogP contribution in [0.25, 0.3) is 0 Å². The first-order valence-electron chi connectivity index (χ1n) is 9.78. The van der Waals surface area contributed by atoms with Crippen molar-refractivity contribution in [1.82, 2.24) is 20.4 Å². The molecule has 2 amide bonds. The minimum atomic E-state index is -0.125. The van der Waals surface area contributed by atoms with Crippen LogP contribution in [0.3, 0.4) is 0 Å². The summed E-state index contributed by atoms with van der Waals surface area (Å²) in [7, 11) is 3.69. The van der Waals surface area contributed by atoms with Gasteiger partial charge in [-0.15, -0.1) is 0 Å². The summed E-state index contributed by atoms with van der Waals surface area (Å²) in [5.74, 6) is 0.497. The van der Waals surface area contributed by atoms with Gasteiger partial charge in [0.2, 0.25) is 5.91 Å². The molecule has 0 saturated carbocycles. The molecule has 2 aromatic rings. The molecule has 0 spiro atoms. The first-order valence-corrected chi connectivity index (χ1v) is 10.2. The Bertz CT molecular complexity index is 929. The first-order chi connectivity index (χ1) is 14.5. The molecule has 30 heavy (non-hydrogen) atoms. The SMILES string of the molecule is CN=C(NCc1ccc(C(=O)N2CCNC(=O)C2)cc1)N(C)Cc1ccccc1Cl. The van der Waals surface area contributed by atoms with E-state index in [0.29, 0.717) is 31.7 Å². The molecule has 8 heteroatoms. The van der Waals surface area contributed by atoms with Gasteiger partial charge in [-0.2, -0.15) is 0 Å². The number of aliphatic imine (C=N–C) groups is 1. The molecule has 7 nitrogen and oxygen atoms in total. The maximum absolute atomic E-state index is 12.6. The number of halogens is 1. The number of hydrogen-bond acceptors (Lipinski definition) is 3. The molecule has 0 bridgehead atoms. The Morgan fingerprint density at radius 3 is 2.63 bits per heavy atom. The van der Waals surface area contributed by atoms with E-state index in [1.54, 1.807) is 24.1 Å². The highest BCUT2D eigenvalue weighted by Gasteiger charge is 2.22. The lowest BCUT2D eigenvalue weighted by atomic mass is 10.1. The zero-order chi connectivity index (χ0) is 21.5. The smallest absolute Gasteiger partial charge is 0.254 e. The van der Waals surface area contributed by atoms with Gasteiger partial charge in [0, 0.05) is 50.9 Å². The molecular formula is C22H26ClN5O2. The maximum Gasteiger partial charge on any atom is 0.254 e. The number of carbonyl (C=O) groups excluding carboxylic acids is 2. The first kappa shape index (κ1) is 21.6. The molecular weight excluding hydrogens is 402 g/mol. The second kappa shape index (κ2) is 10.1. The summed E-state index contributed by atoms with van der Waals surface area (Å²) in [6.07, 6.45) is 0. The molecule has 1 aliphatic heterocycles. The molecule has 0 aliphatic carbocycles. The van der Waals surface area contributed by atoms with Crippen LogP contribution in [0.15, 0.2) is 53.5 Å². The number of nitrogens with one attached hydrogen (secondary N) is 2. The molecule has 0 unspecified atom stereocenters. The molecule has 3 rings (SSSR count). The van der Waals surface area contributed by atoms with Crippen LogP contribution in [-0.4, -0.2) is 61.3 Å².